The Kier molecular flexibility index (Phi) is 5.52. The van der Waals surface area contributed by atoms with Crippen molar-refractivity contribution in [3.63, 3.8) is 0 Å². The first kappa shape index (κ1) is 16.0. The lowest BCUT2D eigenvalue weighted by atomic mass is 10.1. The van der Waals surface area contributed by atoms with E-state index in [1.165, 1.54) is 19.2 Å². The smallest absolute Gasteiger partial charge is 0.339 e. The van der Waals surface area contributed by atoms with Crippen LogP contribution in [-0.2, 0) is 14.3 Å². The molecule has 1 fully saturated rings. The Labute approximate surface area is 128 Å². The first-order valence-corrected chi connectivity index (χ1v) is 7.25. The number of hydrogen-bond donors (Lipinski definition) is 1. The van der Waals surface area contributed by atoms with E-state index in [2.05, 4.69) is 10.1 Å². The topological polar surface area (TPSA) is 81.7 Å². The molecule has 1 aliphatic carbocycles. The summed E-state index contributed by atoms with van der Waals surface area (Å²) in [6.07, 6.45) is 4.14. The Balaban J connectivity index is 1.92. The van der Waals surface area contributed by atoms with E-state index in [0.717, 1.165) is 25.7 Å². The molecule has 118 valence electrons. The second kappa shape index (κ2) is 7.59. The highest BCUT2D eigenvalue weighted by molar-refractivity contribution is 6.03. The van der Waals surface area contributed by atoms with Gasteiger partial charge in [-0.2, -0.15) is 0 Å². The fraction of sp³-hybridized carbons (Fsp3) is 0.438. The Hall–Kier alpha value is -2.37. The van der Waals surface area contributed by atoms with Gasteiger partial charge in [-0.15, -0.1) is 0 Å². The van der Waals surface area contributed by atoms with Gasteiger partial charge in [0.05, 0.1) is 18.2 Å². The molecule has 1 N–H and O–H groups in total. The van der Waals surface area contributed by atoms with Crippen molar-refractivity contribution in [1.29, 1.82) is 0 Å². The standard InChI is InChI=1S/C16H19NO5/c1-21-15(19)12-8-4-5-9-13(12)16(20)22-10-14(18)17-11-6-2-3-7-11/h4-5,8-9,11H,2-3,6-7,10H2,1H3,(H,17,18). The van der Waals surface area contributed by atoms with Crippen LogP contribution in [0.15, 0.2) is 24.3 Å². The van der Waals surface area contributed by atoms with Gasteiger partial charge in [-0.1, -0.05) is 25.0 Å². The maximum Gasteiger partial charge on any atom is 0.339 e. The Morgan fingerprint density at radius 3 is 2.27 bits per heavy atom. The molecule has 0 unspecified atom stereocenters. The first-order chi connectivity index (χ1) is 10.6. The second-order valence-electron chi connectivity index (χ2n) is 5.16. The Bertz CT molecular complexity index is 563. The number of carbonyl (C=O) groups is 3. The summed E-state index contributed by atoms with van der Waals surface area (Å²) in [4.78, 5) is 35.3. The summed E-state index contributed by atoms with van der Waals surface area (Å²) in [6.45, 7) is -0.356. The number of rotatable bonds is 5. The predicted octanol–water partition coefficient (Wildman–Crippen LogP) is 1.69. The molecule has 6 nitrogen and oxygen atoms in total. The van der Waals surface area contributed by atoms with Gasteiger partial charge in [0.2, 0.25) is 0 Å². The fourth-order valence-corrected chi connectivity index (χ4v) is 2.50. The zero-order valence-electron chi connectivity index (χ0n) is 12.5. The normalized spacial score (nSPS) is 14.4. The van der Waals surface area contributed by atoms with Crippen LogP contribution >= 0.6 is 0 Å². The van der Waals surface area contributed by atoms with Gasteiger partial charge in [0.1, 0.15) is 0 Å². The van der Waals surface area contributed by atoms with E-state index < -0.39 is 11.9 Å². The lowest BCUT2D eigenvalue weighted by Gasteiger charge is -2.12. The van der Waals surface area contributed by atoms with Crippen LogP contribution in [0.3, 0.4) is 0 Å². The molecule has 0 bridgehead atoms. The molecule has 1 amide bonds. The van der Waals surface area contributed by atoms with Crippen LogP contribution in [0.4, 0.5) is 0 Å². The number of hydrogen-bond acceptors (Lipinski definition) is 5. The molecule has 1 aromatic carbocycles. The molecule has 0 aromatic heterocycles. The number of methoxy groups -OCH3 is 1. The molecular weight excluding hydrogens is 286 g/mol. The van der Waals surface area contributed by atoms with Gasteiger partial charge in [-0.3, -0.25) is 4.79 Å². The van der Waals surface area contributed by atoms with E-state index in [9.17, 15) is 14.4 Å². The van der Waals surface area contributed by atoms with Crippen LogP contribution in [0.2, 0.25) is 0 Å². The maximum atomic E-state index is 12.0. The summed E-state index contributed by atoms with van der Waals surface area (Å²) < 4.78 is 9.59. The average Bonchev–Trinajstić information content (AvgIpc) is 3.04. The molecule has 0 heterocycles. The van der Waals surface area contributed by atoms with Crippen LogP contribution in [0, 0.1) is 0 Å². The molecule has 0 saturated heterocycles. The Morgan fingerprint density at radius 1 is 1.09 bits per heavy atom. The van der Waals surface area contributed by atoms with E-state index in [1.807, 2.05) is 0 Å². The summed E-state index contributed by atoms with van der Waals surface area (Å²) >= 11 is 0. The monoisotopic (exact) mass is 305 g/mol. The van der Waals surface area contributed by atoms with Crippen LogP contribution in [0.25, 0.3) is 0 Å². The summed E-state index contributed by atoms with van der Waals surface area (Å²) in [5.41, 5.74) is 0.203. The van der Waals surface area contributed by atoms with E-state index >= 15 is 0 Å². The molecular formula is C16H19NO5. The average molecular weight is 305 g/mol. The van der Waals surface area contributed by atoms with Crippen LogP contribution in [0.1, 0.15) is 46.4 Å². The minimum Gasteiger partial charge on any atom is -0.465 e. The van der Waals surface area contributed by atoms with Gasteiger partial charge in [0.15, 0.2) is 6.61 Å². The SMILES string of the molecule is COC(=O)c1ccccc1C(=O)OCC(=O)NC1CCCC1. The van der Waals surface area contributed by atoms with Crippen molar-refractivity contribution in [2.45, 2.75) is 31.7 Å². The van der Waals surface area contributed by atoms with Gasteiger partial charge in [0, 0.05) is 6.04 Å². The van der Waals surface area contributed by atoms with Crippen molar-refractivity contribution in [2.24, 2.45) is 0 Å². The number of amides is 1. The highest BCUT2D eigenvalue weighted by atomic mass is 16.5. The van der Waals surface area contributed by atoms with Crippen molar-refractivity contribution in [3.8, 4) is 0 Å². The molecule has 6 heteroatoms. The van der Waals surface area contributed by atoms with Crippen LogP contribution in [-0.4, -0.2) is 37.6 Å². The third-order valence-electron chi connectivity index (χ3n) is 3.61. The number of nitrogens with one attached hydrogen (secondary N) is 1. The highest BCUT2D eigenvalue weighted by Crippen LogP contribution is 2.17. The summed E-state index contributed by atoms with van der Waals surface area (Å²) in [6, 6.07) is 6.34. The van der Waals surface area contributed by atoms with E-state index in [-0.39, 0.29) is 29.7 Å². The van der Waals surface area contributed by atoms with Crippen molar-refractivity contribution in [2.75, 3.05) is 13.7 Å². The maximum absolute atomic E-state index is 12.0. The number of carbonyl (C=O) groups excluding carboxylic acids is 3. The largest absolute Gasteiger partial charge is 0.465 e. The van der Waals surface area contributed by atoms with Gasteiger partial charge >= 0.3 is 11.9 Å². The molecule has 0 spiro atoms. The zero-order chi connectivity index (χ0) is 15.9. The lowest BCUT2D eigenvalue weighted by Crippen LogP contribution is -2.36. The van der Waals surface area contributed by atoms with Crippen molar-refractivity contribution >= 4 is 17.8 Å². The van der Waals surface area contributed by atoms with Crippen LogP contribution < -0.4 is 5.32 Å². The third-order valence-corrected chi connectivity index (χ3v) is 3.61. The quantitative estimate of drug-likeness (QED) is 0.837. The molecule has 1 saturated carbocycles. The van der Waals surface area contributed by atoms with Gasteiger partial charge in [0.25, 0.3) is 5.91 Å². The summed E-state index contributed by atoms with van der Waals surface area (Å²) in [7, 11) is 1.24. The Morgan fingerprint density at radius 2 is 1.68 bits per heavy atom. The molecule has 1 aromatic rings. The molecule has 0 aliphatic heterocycles. The molecule has 22 heavy (non-hydrogen) atoms. The molecule has 0 radical (unpaired) electrons. The fourth-order valence-electron chi connectivity index (χ4n) is 2.50. The highest BCUT2D eigenvalue weighted by Gasteiger charge is 2.21. The van der Waals surface area contributed by atoms with E-state index in [1.54, 1.807) is 12.1 Å². The third kappa shape index (κ3) is 4.07. The number of esters is 2. The second-order valence-corrected chi connectivity index (χ2v) is 5.16. The molecule has 0 atom stereocenters. The van der Waals surface area contributed by atoms with E-state index in [0.29, 0.717) is 0 Å². The minimum absolute atomic E-state index is 0.0861. The van der Waals surface area contributed by atoms with Crippen molar-refractivity contribution in [3.05, 3.63) is 35.4 Å². The van der Waals surface area contributed by atoms with Gasteiger partial charge < -0.3 is 14.8 Å². The van der Waals surface area contributed by atoms with Crippen molar-refractivity contribution < 1.29 is 23.9 Å². The zero-order valence-corrected chi connectivity index (χ0v) is 12.5. The summed E-state index contributed by atoms with van der Waals surface area (Å²) in [5, 5.41) is 2.83. The summed E-state index contributed by atoms with van der Waals surface area (Å²) in [5.74, 6) is -1.67. The molecule has 1 aliphatic rings. The predicted molar refractivity (Wildman–Crippen MR) is 78.5 cm³/mol. The molecule has 2 rings (SSSR count). The number of ether oxygens (including phenoxy) is 2. The van der Waals surface area contributed by atoms with Crippen molar-refractivity contribution in [1.82, 2.24) is 5.32 Å². The van der Waals surface area contributed by atoms with Gasteiger partial charge in [-0.25, -0.2) is 9.59 Å². The first-order valence-electron chi connectivity index (χ1n) is 7.25. The minimum atomic E-state index is -0.720. The van der Waals surface area contributed by atoms with Gasteiger partial charge in [-0.05, 0) is 25.0 Å². The van der Waals surface area contributed by atoms with E-state index in [4.69, 9.17) is 4.74 Å². The van der Waals surface area contributed by atoms with Crippen LogP contribution in [0.5, 0.6) is 0 Å². The lowest BCUT2D eigenvalue weighted by molar-refractivity contribution is -0.124. The number of benzene rings is 1.